The monoisotopic (exact) mass is 294 g/mol. The van der Waals surface area contributed by atoms with Crippen molar-refractivity contribution in [1.29, 1.82) is 0 Å². The summed E-state index contributed by atoms with van der Waals surface area (Å²) in [6.45, 7) is 1.27. The molecule has 98 valence electrons. The molecule has 1 fully saturated rings. The van der Waals surface area contributed by atoms with E-state index < -0.39 is 29.6 Å². The van der Waals surface area contributed by atoms with Crippen LogP contribution in [-0.2, 0) is 10.2 Å². The van der Waals surface area contributed by atoms with Crippen molar-refractivity contribution >= 4 is 29.2 Å². The number of halogens is 4. The molecule has 1 aliphatic rings. The second-order valence-electron chi connectivity index (χ2n) is 4.65. The molecular weight excluding hydrogens is 285 g/mol. The lowest BCUT2D eigenvalue weighted by Crippen LogP contribution is -2.37. The lowest BCUT2D eigenvalue weighted by atomic mass is 9.77. The van der Waals surface area contributed by atoms with Gasteiger partial charge in [-0.1, -0.05) is 29.3 Å². The molecule has 0 heterocycles. The summed E-state index contributed by atoms with van der Waals surface area (Å²) >= 11 is 11.6. The fourth-order valence-corrected chi connectivity index (χ4v) is 2.81. The number of carboxylic acids is 1. The third-order valence-electron chi connectivity index (χ3n) is 3.46. The Hall–Kier alpha value is -0.870. The van der Waals surface area contributed by atoms with Crippen LogP contribution in [0.3, 0.4) is 0 Å². The van der Waals surface area contributed by atoms with Gasteiger partial charge >= 0.3 is 5.97 Å². The first-order valence-electron chi connectivity index (χ1n) is 5.26. The first-order chi connectivity index (χ1) is 8.19. The third-order valence-corrected chi connectivity index (χ3v) is 4.01. The van der Waals surface area contributed by atoms with Crippen molar-refractivity contribution in [2.24, 2.45) is 5.92 Å². The highest BCUT2D eigenvalue weighted by molar-refractivity contribution is 6.35. The molecule has 0 amide bonds. The van der Waals surface area contributed by atoms with Gasteiger partial charge in [-0.25, -0.2) is 8.78 Å². The van der Waals surface area contributed by atoms with Crippen LogP contribution in [0.4, 0.5) is 8.78 Å². The van der Waals surface area contributed by atoms with Crippen molar-refractivity contribution in [3.8, 4) is 0 Å². The highest BCUT2D eigenvalue weighted by Crippen LogP contribution is 2.59. The summed E-state index contributed by atoms with van der Waals surface area (Å²) in [4.78, 5) is 11.4. The van der Waals surface area contributed by atoms with E-state index in [0.717, 1.165) is 0 Å². The summed E-state index contributed by atoms with van der Waals surface area (Å²) < 4.78 is 26.4. The molecule has 1 aromatic carbocycles. The third kappa shape index (κ3) is 1.97. The van der Waals surface area contributed by atoms with E-state index in [0.29, 0.717) is 5.02 Å². The molecule has 2 rings (SSSR count). The maximum atomic E-state index is 13.2. The summed E-state index contributed by atoms with van der Waals surface area (Å²) in [5, 5.41) is 9.72. The van der Waals surface area contributed by atoms with Crippen LogP contribution in [-0.4, -0.2) is 17.0 Å². The van der Waals surface area contributed by atoms with Gasteiger partial charge in [0, 0.05) is 22.4 Å². The first kappa shape index (κ1) is 13.6. The number of rotatable bonds is 3. The Labute approximate surface area is 113 Å². The summed E-state index contributed by atoms with van der Waals surface area (Å²) in [6, 6.07) is 4.21. The minimum Gasteiger partial charge on any atom is -0.481 e. The maximum absolute atomic E-state index is 13.2. The second-order valence-corrected chi connectivity index (χ2v) is 5.49. The number of alkyl halides is 2. The molecule has 2 nitrogen and oxygen atoms in total. The van der Waals surface area contributed by atoms with Gasteiger partial charge in [-0.05, 0) is 24.6 Å². The van der Waals surface area contributed by atoms with E-state index in [-0.39, 0.29) is 10.6 Å². The van der Waals surface area contributed by atoms with E-state index in [1.807, 2.05) is 0 Å². The smallest absolute Gasteiger partial charge is 0.314 e. The number of aliphatic carboxylic acids is 1. The number of benzene rings is 1. The lowest BCUT2D eigenvalue weighted by molar-refractivity contribution is -0.145. The number of hydrogen-bond acceptors (Lipinski definition) is 1. The van der Waals surface area contributed by atoms with Gasteiger partial charge in [0.1, 0.15) is 5.41 Å². The van der Waals surface area contributed by atoms with Crippen LogP contribution >= 0.6 is 23.2 Å². The quantitative estimate of drug-likeness (QED) is 0.915. The zero-order valence-corrected chi connectivity index (χ0v) is 10.9. The molecule has 6 heteroatoms. The largest absolute Gasteiger partial charge is 0.481 e. The van der Waals surface area contributed by atoms with E-state index in [2.05, 4.69) is 0 Å². The van der Waals surface area contributed by atoms with Crippen LogP contribution in [0, 0.1) is 5.92 Å². The van der Waals surface area contributed by atoms with Gasteiger partial charge in [-0.2, -0.15) is 0 Å². The number of hydrogen-bond donors (Lipinski definition) is 1. The minimum absolute atomic E-state index is 0.0927. The summed E-state index contributed by atoms with van der Waals surface area (Å²) in [6.07, 6.45) is -0.436. The van der Waals surface area contributed by atoms with Crippen LogP contribution in [0.25, 0.3) is 0 Å². The maximum Gasteiger partial charge on any atom is 0.314 e. The van der Waals surface area contributed by atoms with Crippen molar-refractivity contribution in [2.45, 2.75) is 24.7 Å². The second kappa shape index (κ2) is 4.07. The minimum atomic E-state index is -2.95. The Morgan fingerprint density at radius 1 is 1.50 bits per heavy atom. The molecule has 0 spiro atoms. The molecule has 1 aromatic rings. The fraction of sp³-hybridized carbons (Fsp3) is 0.417. The van der Waals surface area contributed by atoms with Crippen molar-refractivity contribution in [2.75, 3.05) is 0 Å². The van der Waals surface area contributed by atoms with E-state index >= 15 is 0 Å². The predicted molar refractivity (Wildman–Crippen MR) is 64.5 cm³/mol. The predicted octanol–water partition coefficient (Wildman–Crippen LogP) is 3.99. The van der Waals surface area contributed by atoms with Crippen molar-refractivity contribution in [1.82, 2.24) is 0 Å². The zero-order valence-electron chi connectivity index (χ0n) is 9.38. The molecule has 0 saturated heterocycles. The molecular formula is C12H10Cl2F2O2. The highest BCUT2D eigenvalue weighted by Gasteiger charge is 2.68. The normalized spacial score (nSPS) is 24.4. The van der Waals surface area contributed by atoms with Crippen LogP contribution in [0.5, 0.6) is 0 Å². The van der Waals surface area contributed by atoms with E-state index in [1.165, 1.54) is 25.1 Å². The number of carbonyl (C=O) groups is 1. The fourth-order valence-electron chi connectivity index (χ4n) is 2.20. The first-order valence-corrected chi connectivity index (χ1v) is 6.02. The lowest BCUT2D eigenvalue weighted by Gasteiger charge is -2.26. The Morgan fingerprint density at radius 2 is 2.06 bits per heavy atom. The topological polar surface area (TPSA) is 37.3 Å². The van der Waals surface area contributed by atoms with Crippen molar-refractivity contribution in [3.63, 3.8) is 0 Å². The molecule has 2 unspecified atom stereocenters. The molecule has 1 aliphatic carbocycles. The average Bonchev–Trinajstić information content (AvgIpc) is 2.87. The van der Waals surface area contributed by atoms with Crippen LogP contribution in [0.1, 0.15) is 18.9 Å². The number of carboxylic acid groups (broad SMARTS) is 1. The molecule has 0 aromatic heterocycles. The SMILES string of the molecule is CC(C(=O)O)(c1ccc(Cl)cc1Cl)C1CC1(F)F. The Kier molecular flexibility index (Phi) is 3.06. The summed E-state index contributed by atoms with van der Waals surface area (Å²) in [5.74, 6) is -5.49. The molecule has 1 saturated carbocycles. The summed E-state index contributed by atoms with van der Waals surface area (Å²) in [7, 11) is 0. The van der Waals surface area contributed by atoms with E-state index in [1.54, 1.807) is 0 Å². The van der Waals surface area contributed by atoms with Gasteiger partial charge in [-0.3, -0.25) is 4.79 Å². The van der Waals surface area contributed by atoms with Gasteiger partial charge in [-0.15, -0.1) is 0 Å². The van der Waals surface area contributed by atoms with Crippen molar-refractivity contribution < 1.29 is 18.7 Å². The Balaban J connectivity index is 2.52. The van der Waals surface area contributed by atoms with Gasteiger partial charge < -0.3 is 5.11 Å². The molecule has 0 radical (unpaired) electrons. The zero-order chi connectivity index (χ0) is 13.7. The van der Waals surface area contributed by atoms with Gasteiger partial charge in [0.05, 0.1) is 0 Å². The van der Waals surface area contributed by atoms with Gasteiger partial charge in [0.25, 0.3) is 5.92 Å². The van der Waals surface area contributed by atoms with Gasteiger partial charge in [0.15, 0.2) is 0 Å². The molecule has 2 atom stereocenters. The Morgan fingerprint density at radius 3 is 2.44 bits per heavy atom. The average molecular weight is 295 g/mol. The summed E-state index contributed by atoms with van der Waals surface area (Å²) in [5.41, 5.74) is -1.53. The molecule has 18 heavy (non-hydrogen) atoms. The molecule has 0 aliphatic heterocycles. The highest BCUT2D eigenvalue weighted by atomic mass is 35.5. The molecule has 1 N–H and O–H groups in total. The van der Waals surface area contributed by atoms with Crippen LogP contribution < -0.4 is 0 Å². The van der Waals surface area contributed by atoms with Crippen molar-refractivity contribution in [3.05, 3.63) is 33.8 Å². The van der Waals surface area contributed by atoms with E-state index in [4.69, 9.17) is 23.2 Å². The van der Waals surface area contributed by atoms with E-state index in [9.17, 15) is 18.7 Å². The standard InChI is InChI=1S/C12H10Cl2F2O2/c1-11(10(17)18,9-5-12(9,15)16)7-3-2-6(13)4-8(7)14/h2-4,9H,5H2,1H3,(H,17,18). The molecule has 0 bridgehead atoms. The van der Waals surface area contributed by atoms with Crippen LogP contribution in [0.2, 0.25) is 10.0 Å². The van der Waals surface area contributed by atoms with Gasteiger partial charge in [0.2, 0.25) is 0 Å². The Bertz CT molecular complexity index is 519. The van der Waals surface area contributed by atoms with Crippen LogP contribution in [0.15, 0.2) is 18.2 Å².